The van der Waals surface area contributed by atoms with Crippen molar-refractivity contribution in [3.8, 4) is 11.5 Å². The average molecular weight is 419 g/mol. The second kappa shape index (κ2) is 15.1. The molecule has 1 rings (SSSR count). The van der Waals surface area contributed by atoms with Crippen LogP contribution in [0.25, 0.3) is 0 Å². The van der Waals surface area contributed by atoms with Crippen molar-refractivity contribution in [1.29, 1.82) is 0 Å². The van der Waals surface area contributed by atoms with E-state index >= 15 is 0 Å². The molecule has 2 atom stereocenters. The van der Waals surface area contributed by atoms with Crippen LogP contribution in [0, 0.1) is 0 Å². The number of rotatable bonds is 16. The summed E-state index contributed by atoms with van der Waals surface area (Å²) in [4.78, 5) is 22.6. The Balaban J connectivity index is 2.32. The summed E-state index contributed by atoms with van der Waals surface area (Å²) in [5, 5.41) is 0. The molecule has 0 saturated heterocycles. The van der Waals surface area contributed by atoms with Crippen molar-refractivity contribution in [2.24, 2.45) is 0 Å². The van der Waals surface area contributed by atoms with Crippen molar-refractivity contribution >= 4 is 11.9 Å². The average Bonchev–Trinajstić information content (AvgIpc) is 2.77. The smallest absolute Gasteiger partial charge is 0.330 e. The highest BCUT2D eigenvalue weighted by Gasteiger charge is 2.11. The molecule has 6 nitrogen and oxygen atoms in total. The summed E-state index contributed by atoms with van der Waals surface area (Å²) in [6.45, 7) is 11.8. The zero-order valence-corrected chi connectivity index (χ0v) is 18.1. The van der Waals surface area contributed by atoms with Gasteiger partial charge in [-0.1, -0.05) is 33.1 Å². The molecule has 6 heteroatoms. The molecule has 0 aromatic heterocycles. The Morgan fingerprint density at radius 3 is 1.67 bits per heavy atom. The fraction of sp³-hybridized carbons (Fsp3) is 0.500. The van der Waals surface area contributed by atoms with Gasteiger partial charge in [-0.15, -0.1) is 0 Å². The van der Waals surface area contributed by atoms with Crippen LogP contribution in [0.5, 0.6) is 11.5 Å². The van der Waals surface area contributed by atoms with E-state index in [4.69, 9.17) is 18.9 Å². The van der Waals surface area contributed by atoms with Gasteiger partial charge < -0.3 is 18.9 Å². The zero-order chi connectivity index (χ0) is 22.2. The van der Waals surface area contributed by atoms with Gasteiger partial charge in [0.05, 0.1) is 13.2 Å². The molecule has 0 radical (unpaired) electrons. The van der Waals surface area contributed by atoms with E-state index in [0.717, 1.165) is 50.0 Å². The third-order valence-corrected chi connectivity index (χ3v) is 4.49. The molecule has 30 heavy (non-hydrogen) atoms. The summed E-state index contributed by atoms with van der Waals surface area (Å²) in [6, 6.07) is 7.49. The minimum atomic E-state index is -0.392. The van der Waals surface area contributed by atoms with Gasteiger partial charge in [-0.05, 0) is 50.7 Å². The first-order valence-corrected chi connectivity index (χ1v) is 10.5. The lowest BCUT2D eigenvalue weighted by molar-refractivity contribution is -0.144. The summed E-state index contributed by atoms with van der Waals surface area (Å²) < 4.78 is 22.1. The van der Waals surface area contributed by atoms with E-state index in [1.165, 1.54) is 12.2 Å². The molecule has 1 aromatic rings. The standard InChI is InChI=1S/C24H34O6/c1-5-19(29-23(25)7-3)14-10-16-27-21-12-9-13-22(18-21)28-17-11-15-20(6-2)30-24(26)8-4/h7-9,12-13,18-20H,3-6,10-11,14-17H2,1-2H3. The monoisotopic (exact) mass is 418 g/mol. The first kappa shape index (κ1) is 25.3. The normalized spacial score (nSPS) is 12.3. The van der Waals surface area contributed by atoms with Gasteiger partial charge in [-0.2, -0.15) is 0 Å². The minimum Gasteiger partial charge on any atom is -0.493 e. The van der Waals surface area contributed by atoms with Gasteiger partial charge in [0.25, 0.3) is 0 Å². The maximum atomic E-state index is 11.3. The molecule has 0 aliphatic carbocycles. The molecular weight excluding hydrogens is 384 g/mol. The lowest BCUT2D eigenvalue weighted by atomic mass is 10.1. The molecule has 0 amide bonds. The van der Waals surface area contributed by atoms with Crippen LogP contribution in [0.4, 0.5) is 0 Å². The van der Waals surface area contributed by atoms with Crippen molar-refractivity contribution in [1.82, 2.24) is 0 Å². The molecule has 0 bridgehead atoms. The Morgan fingerprint density at radius 1 is 0.867 bits per heavy atom. The van der Waals surface area contributed by atoms with Crippen LogP contribution in [0.3, 0.4) is 0 Å². The highest BCUT2D eigenvalue weighted by atomic mass is 16.5. The number of benzene rings is 1. The van der Waals surface area contributed by atoms with E-state index in [9.17, 15) is 9.59 Å². The van der Waals surface area contributed by atoms with Crippen molar-refractivity contribution in [3.05, 3.63) is 49.6 Å². The van der Waals surface area contributed by atoms with Crippen molar-refractivity contribution in [2.45, 2.75) is 64.6 Å². The van der Waals surface area contributed by atoms with Crippen LogP contribution in [0.1, 0.15) is 52.4 Å². The van der Waals surface area contributed by atoms with Crippen LogP contribution in [-0.4, -0.2) is 37.4 Å². The first-order chi connectivity index (χ1) is 14.5. The summed E-state index contributed by atoms with van der Waals surface area (Å²) in [6.07, 6.45) is 6.66. The van der Waals surface area contributed by atoms with E-state index in [2.05, 4.69) is 13.2 Å². The SMILES string of the molecule is C=CC(=O)OC(CC)CCCOc1cccc(OCCCC(CC)OC(=O)C=C)c1. The van der Waals surface area contributed by atoms with Gasteiger partial charge >= 0.3 is 11.9 Å². The minimum absolute atomic E-state index is 0.119. The number of esters is 2. The molecule has 0 saturated carbocycles. The Hall–Kier alpha value is -2.76. The number of ether oxygens (including phenoxy) is 4. The Morgan fingerprint density at radius 2 is 1.30 bits per heavy atom. The molecule has 0 aliphatic rings. The second-order valence-electron chi connectivity index (χ2n) is 6.80. The summed E-state index contributed by atoms with van der Waals surface area (Å²) in [7, 11) is 0. The number of carbonyl (C=O) groups is 2. The largest absolute Gasteiger partial charge is 0.493 e. The fourth-order valence-electron chi connectivity index (χ4n) is 2.77. The second-order valence-corrected chi connectivity index (χ2v) is 6.80. The van der Waals surface area contributed by atoms with E-state index < -0.39 is 11.9 Å². The fourth-order valence-corrected chi connectivity index (χ4v) is 2.77. The van der Waals surface area contributed by atoms with Gasteiger partial charge in [-0.3, -0.25) is 0 Å². The number of hydrogen-bond donors (Lipinski definition) is 0. The van der Waals surface area contributed by atoms with Crippen LogP contribution < -0.4 is 9.47 Å². The van der Waals surface area contributed by atoms with Crippen LogP contribution in [0.2, 0.25) is 0 Å². The van der Waals surface area contributed by atoms with E-state index in [-0.39, 0.29) is 12.2 Å². The molecule has 0 heterocycles. The van der Waals surface area contributed by atoms with Crippen molar-refractivity contribution in [2.75, 3.05) is 13.2 Å². The van der Waals surface area contributed by atoms with Crippen LogP contribution >= 0.6 is 0 Å². The van der Waals surface area contributed by atoms with Gasteiger partial charge in [0, 0.05) is 18.2 Å². The Labute approximate surface area is 179 Å². The van der Waals surface area contributed by atoms with Crippen LogP contribution in [-0.2, 0) is 19.1 Å². The van der Waals surface area contributed by atoms with Crippen molar-refractivity contribution < 1.29 is 28.5 Å². The molecule has 166 valence electrons. The van der Waals surface area contributed by atoms with Crippen LogP contribution in [0.15, 0.2) is 49.6 Å². The highest BCUT2D eigenvalue weighted by Crippen LogP contribution is 2.20. The summed E-state index contributed by atoms with van der Waals surface area (Å²) in [5.41, 5.74) is 0. The summed E-state index contributed by atoms with van der Waals surface area (Å²) in [5.74, 6) is 0.679. The number of carbonyl (C=O) groups excluding carboxylic acids is 2. The third-order valence-electron chi connectivity index (χ3n) is 4.49. The third kappa shape index (κ3) is 10.7. The number of hydrogen-bond acceptors (Lipinski definition) is 6. The molecular formula is C24H34O6. The maximum absolute atomic E-state index is 11.3. The van der Waals surface area contributed by atoms with E-state index in [1.807, 2.05) is 38.1 Å². The molecule has 1 aromatic carbocycles. The van der Waals surface area contributed by atoms with Crippen molar-refractivity contribution in [3.63, 3.8) is 0 Å². The Kier molecular flexibility index (Phi) is 12.7. The maximum Gasteiger partial charge on any atom is 0.330 e. The molecule has 0 aliphatic heterocycles. The zero-order valence-electron chi connectivity index (χ0n) is 18.1. The van der Waals surface area contributed by atoms with Gasteiger partial charge in [0.1, 0.15) is 23.7 Å². The Bertz CT molecular complexity index is 616. The summed E-state index contributed by atoms with van der Waals surface area (Å²) >= 11 is 0. The molecule has 0 fully saturated rings. The highest BCUT2D eigenvalue weighted by molar-refractivity contribution is 5.81. The van der Waals surface area contributed by atoms with Gasteiger partial charge in [0.2, 0.25) is 0 Å². The molecule has 0 N–H and O–H groups in total. The van der Waals surface area contributed by atoms with E-state index in [0.29, 0.717) is 13.2 Å². The molecule has 0 spiro atoms. The predicted octanol–water partition coefficient (Wildman–Crippen LogP) is 5.02. The quantitative estimate of drug-likeness (QED) is 0.213. The lowest BCUT2D eigenvalue weighted by Gasteiger charge is -2.16. The van der Waals surface area contributed by atoms with E-state index in [1.54, 1.807) is 0 Å². The lowest BCUT2D eigenvalue weighted by Crippen LogP contribution is -2.17. The first-order valence-electron chi connectivity index (χ1n) is 10.5. The van der Waals surface area contributed by atoms with Gasteiger partial charge in [-0.25, -0.2) is 9.59 Å². The molecule has 2 unspecified atom stereocenters. The topological polar surface area (TPSA) is 71.1 Å². The van der Waals surface area contributed by atoms with Gasteiger partial charge in [0.15, 0.2) is 0 Å². The predicted molar refractivity (Wildman–Crippen MR) is 117 cm³/mol.